The Labute approximate surface area is 155 Å². The van der Waals surface area contributed by atoms with Crippen LogP contribution in [0.25, 0.3) is 0 Å². The van der Waals surface area contributed by atoms with Crippen LogP contribution in [0.2, 0.25) is 0 Å². The van der Waals surface area contributed by atoms with Crippen molar-refractivity contribution in [3.63, 3.8) is 0 Å². The molecular formula is C20H25NO4S. The Balaban J connectivity index is 1.91. The second-order valence-corrected chi connectivity index (χ2v) is 8.33. The lowest BCUT2D eigenvalue weighted by Crippen LogP contribution is -2.41. The van der Waals surface area contributed by atoms with E-state index in [0.29, 0.717) is 11.3 Å². The zero-order valence-corrected chi connectivity index (χ0v) is 15.9. The molecule has 5 nitrogen and oxygen atoms in total. The molecule has 0 aromatic heterocycles. The molecule has 0 aliphatic carbocycles. The molecule has 0 aliphatic rings. The lowest BCUT2D eigenvalue weighted by atomic mass is 10.0. The van der Waals surface area contributed by atoms with Crippen molar-refractivity contribution in [2.75, 3.05) is 5.75 Å². The SMILES string of the molecule is CCC(NC(=O)OCc1ccccc1)C(C)CS(=O)(=O)c1ccccc1. The molecule has 0 radical (unpaired) electrons. The van der Waals surface area contributed by atoms with Crippen LogP contribution in [0.5, 0.6) is 0 Å². The van der Waals surface area contributed by atoms with Crippen LogP contribution in [0.15, 0.2) is 65.6 Å². The summed E-state index contributed by atoms with van der Waals surface area (Å²) in [7, 11) is -3.40. The highest BCUT2D eigenvalue weighted by Gasteiger charge is 2.25. The van der Waals surface area contributed by atoms with Gasteiger partial charge in [-0.15, -0.1) is 0 Å². The zero-order valence-electron chi connectivity index (χ0n) is 15.1. The van der Waals surface area contributed by atoms with Gasteiger partial charge in [-0.3, -0.25) is 0 Å². The predicted molar refractivity (Wildman–Crippen MR) is 102 cm³/mol. The van der Waals surface area contributed by atoms with Crippen molar-refractivity contribution in [2.24, 2.45) is 5.92 Å². The molecule has 1 amide bonds. The third kappa shape index (κ3) is 5.88. The van der Waals surface area contributed by atoms with Gasteiger partial charge in [0.2, 0.25) is 0 Å². The van der Waals surface area contributed by atoms with Gasteiger partial charge in [-0.05, 0) is 30.0 Å². The van der Waals surface area contributed by atoms with E-state index < -0.39 is 15.9 Å². The van der Waals surface area contributed by atoms with Crippen molar-refractivity contribution in [1.82, 2.24) is 5.32 Å². The van der Waals surface area contributed by atoms with Gasteiger partial charge in [0.15, 0.2) is 9.84 Å². The predicted octanol–water partition coefficient (Wildman–Crippen LogP) is 3.80. The monoisotopic (exact) mass is 375 g/mol. The summed E-state index contributed by atoms with van der Waals surface area (Å²) in [5, 5.41) is 2.79. The molecule has 26 heavy (non-hydrogen) atoms. The number of hydrogen-bond donors (Lipinski definition) is 1. The minimum absolute atomic E-state index is 0.0332. The van der Waals surface area contributed by atoms with Gasteiger partial charge >= 0.3 is 6.09 Å². The smallest absolute Gasteiger partial charge is 0.407 e. The Hall–Kier alpha value is -2.34. The number of carbonyl (C=O) groups is 1. The summed E-state index contributed by atoms with van der Waals surface area (Å²) < 4.78 is 30.3. The zero-order chi connectivity index (χ0) is 19.0. The summed E-state index contributed by atoms with van der Waals surface area (Å²) in [6.07, 6.45) is 0.0796. The van der Waals surface area contributed by atoms with E-state index in [1.165, 1.54) is 0 Å². The second-order valence-electron chi connectivity index (χ2n) is 6.29. The molecular weight excluding hydrogens is 350 g/mol. The Kier molecular flexibility index (Phi) is 7.21. The second kappa shape index (κ2) is 9.38. The van der Waals surface area contributed by atoms with Crippen LogP contribution in [0, 0.1) is 5.92 Å². The average Bonchev–Trinajstić information content (AvgIpc) is 2.65. The van der Waals surface area contributed by atoms with Crippen molar-refractivity contribution in [1.29, 1.82) is 0 Å². The molecule has 1 N–H and O–H groups in total. The van der Waals surface area contributed by atoms with Crippen LogP contribution >= 0.6 is 0 Å². The molecule has 2 rings (SSSR count). The molecule has 0 heterocycles. The highest BCUT2D eigenvalue weighted by atomic mass is 32.2. The van der Waals surface area contributed by atoms with Crippen LogP contribution in [-0.4, -0.2) is 26.3 Å². The molecule has 0 saturated heterocycles. The highest BCUT2D eigenvalue weighted by molar-refractivity contribution is 7.91. The highest BCUT2D eigenvalue weighted by Crippen LogP contribution is 2.17. The lowest BCUT2D eigenvalue weighted by molar-refractivity contribution is 0.132. The fourth-order valence-electron chi connectivity index (χ4n) is 2.75. The molecule has 140 valence electrons. The van der Waals surface area contributed by atoms with Crippen molar-refractivity contribution >= 4 is 15.9 Å². The Morgan fingerprint density at radius 2 is 1.62 bits per heavy atom. The summed E-state index contributed by atoms with van der Waals surface area (Å²) in [5.74, 6) is -0.274. The van der Waals surface area contributed by atoms with E-state index >= 15 is 0 Å². The van der Waals surface area contributed by atoms with Crippen LogP contribution in [0.3, 0.4) is 0 Å². The van der Waals surface area contributed by atoms with Gasteiger partial charge < -0.3 is 10.1 Å². The summed E-state index contributed by atoms with van der Waals surface area (Å²) in [4.78, 5) is 12.3. The topological polar surface area (TPSA) is 72.5 Å². The molecule has 2 aromatic carbocycles. The number of sulfone groups is 1. The third-order valence-corrected chi connectivity index (χ3v) is 6.18. The van der Waals surface area contributed by atoms with Gasteiger partial charge in [0.05, 0.1) is 10.6 Å². The van der Waals surface area contributed by atoms with E-state index in [2.05, 4.69) is 5.32 Å². The molecule has 0 saturated carbocycles. The summed E-state index contributed by atoms with van der Waals surface area (Å²) >= 11 is 0. The first kappa shape index (κ1) is 20.0. The quantitative estimate of drug-likeness (QED) is 0.762. The molecule has 0 spiro atoms. The first-order valence-corrected chi connectivity index (χ1v) is 10.3. The molecule has 2 unspecified atom stereocenters. The van der Waals surface area contributed by atoms with E-state index in [1.54, 1.807) is 30.3 Å². The van der Waals surface area contributed by atoms with E-state index in [9.17, 15) is 13.2 Å². The number of benzene rings is 2. The first-order chi connectivity index (χ1) is 12.4. The minimum atomic E-state index is -3.40. The summed E-state index contributed by atoms with van der Waals surface area (Å²) in [6, 6.07) is 17.5. The number of ether oxygens (including phenoxy) is 1. The summed E-state index contributed by atoms with van der Waals surface area (Å²) in [5.41, 5.74) is 0.899. The van der Waals surface area contributed by atoms with Crippen molar-refractivity contribution in [3.8, 4) is 0 Å². The molecule has 2 aromatic rings. The first-order valence-electron chi connectivity index (χ1n) is 8.67. The van der Waals surface area contributed by atoms with Gasteiger partial charge in [-0.1, -0.05) is 62.4 Å². The van der Waals surface area contributed by atoms with Crippen molar-refractivity contribution < 1.29 is 17.9 Å². The number of nitrogens with one attached hydrogen (secondary N) is 1. The standard InChI is InChI=1S/C20H25NO4S/c1-3-19(21-20(22)25-14-17-10-6-4-7-11-17)16(2)15-26(23,24)18-12-8-5-9-13-18/h4-13,16,19H,3,14-15H2,1-2H3,(H,21,22). The fourth-order valence-corrected chi connectivity index (χ4v) is 4.44. The van der Waals surface area contributed by atoms with E-state index in [0.717, 1.165) is 5.56 Å². The summed E-state index contributed by atoms with van der Waals surface area (Å²) in [6.45, 7) is 3.92. The van der Waals surface area contributed by atoms with Crippen LogP contribution < -0.4 is 5.32 Å². The fraction of sp³-hybridized carbons (Fsp3) is 0.350. The molecule has 0 bridgehead atoms. The Bertz CT molecular complexity index is 791. The van der Waals surface area contributed by atoms with Crippen LogP contribution in [0.1, 0.15) is 25.8 Å². The largest absolute Gasteiger partial charge is 0.445 e. The number of carbonyl (C=O) groups excluding carboxylic acids is 1. The molecule has 6 heteroatoms. The van der Waals surface area contributed by atoms with Gasteiger partial charge in [-0.2, -0.15) is 0 Å². The number of amides is 1. The van der Waals surface area contributed by atoms with Gasteiger partial charge in [0, 0.05) is 6.04 Å². The lowest BCUT2D eigenvalue weighted by Gasteiger charge is -2.23. The average molecular weight is 375 g/mol. The van der Waals surface area contributed by atoms with Gasteiger partial charge in [0.25, 0.3) is 0 Å². The number of rotatable bonds is 8. The molecule has 0 fully saturated rings. The van der Waals surface area contributed by atoms with Crippen molar-refractivity contribution in [3.05, 3.63) is 66.2 Å². The van der Waals surface area contributed by atoms with Crippen LogP contribution in [0.4, 0.5) is 4.79 Å². The number of hydrogen-bond acceptors (Lipinski definition) is 4. The van der Waals surface area contributed by atoms with E-state index in [-0.39, 0.29) is 24.3 Å². The maximum absolute atomic E-state index is 12.5. The maximum atomic E-state index is 12.5. The van der Waals surface area contributed by atoms with E-state index in [1.807, 2.05) is 44.2 Å². The normalized spacial score (nSPS) is 13.6. The van der Waals surface area contributed by atoms with Gasteiger partial charge in [0.1, 0.15) is 6.61 Å². The van der Waals surface area contributed by atoms with Crippen LogP contribution in [-0.2, 0) is 21.2 Å². The van der Waals surface area contributed by atoms with E-state index in [4.69, 9.17) is 4.74 Å². The maximum Gasteiger partial charge on any atom is 0.407 e. The molecule has 2 atom stereocenters. The van der Waals surface area contributed by atoms with Crippen molar-refractivity contribution in [2.45, 2.75) is 37.8 Å². The molecule has 0 aliphatic heterocycles. The Morgan fingerprint density at radius 1 is 1.04 bits per heavy atom. The van der Waals surface area contributed by atoms with Gasteiger partial charge in [-0.25, -0.2) is 13.2 Å². The third-order valence-electron chi connectivity index (χ3n) is 4.23. The minimum Gasteiger partial charge on any atom is -0.445 e. The Morgan fingerprint density at radius 3 is 2.19 bits per heavy atom. The number of alkyl carbamates (subject to hydrolysis) is 1.